The van der Waals surface area contributed by atoms with Crippen molar-refractivity contribution in [2.45, 2.75) is 0 Å². The van der Waals surface area contributed by atoms with Gasteiger partial charge in [0, 0.05) is 12.3 Å². The van der Waals surface area contributed by atoms with Gasteiger partial charge in [-0.3, -0.25) is 14.7 Å². The molecule has 0 unspecified atom stereocenters. The molecule has 0 aliphatic rings. The van der Waals surface area contributed by atoms with E-state index in [-0.39, 0.29) is 11.3 Å². The van der Waals surface area contributed by atoms with E-state index in [0.717, 1.165) is 0 Å². The number of nitrogens with one attached hydrogen (secondary N) is 1. The molecule has 5 nitrogen and oxygen atoms in total. The largest absolute Gasteiger partial charge is 0.296 e. The van der Waals surface area contributed by atoms with Gasteiger partial charge in [0.25, 0.3) is 5.56 Å². The van der Waals surface area contributed by atoms with Crippen molar-refractivity contribution < 1.29 is 4.79 Å². The Labute approximate surface area is 79.0 Å². The number of nitrogens with zero attached hydrogens (tertiary/aromatic N) is 2. The molecule has 0 fully saturated rings. The van der Waals surface area contributed by atoms with Crippen molar-refractivity contribution in [1.29, 1.82) is 0 Å². The molecule has 0 aromatic carbocycles. The first-order chi connectivity index (χ1) is 6.81. The van der Waals surface area contributed by atoms with E-state index in [0.29, 0.717) is 12.1 Å². The molecule has 2 aromatic heterocycles. The lowest BCUT2D eigenvalue weighted by Gasteiger charge is -1.97. The lowest BCUT2D eigenvalue weighted by molar-refractivity contribution is 0.111. The molecule has 2 heterocycles. The number of aldehydes is 1. The number of rotatable bonds is 2. The Morgan fingerprint density at radius 2 is 2.29 bits per heavy atom. The molecule has 2 rings (SSSR count). The maximum atomic E-state index is 11.3. The zero-order valence-electron chi connectivity index (χ0n) is 7.18. The Morgan fingerprint density at radius 1 is 1.43 bits per heavy atom. The molecular weight excluding hydrogens is 182 g/mol. The lowest BCUT2D eigenvalue weighted by Crippen LogP contribution is -2.14. The van der Waals surface area contributed by atoms with Gasteiger partial charge in [-0.25, -0.2) is 9.67 Å². The van der Waals surface area contributed by atoms with Crippen LogP contribution < -0.4 is 5.56 Å². The molecule has 1 N–H and O–H groups in total. The zero-order valence-corrected chi connectivity index (χ0v) is 7.18. The van der Waals surface area contributed by atoms with Crippen molar-refractivity contribution in [3.8, 4) is 5.82 Å². The van der Waals surface area contributed by atoms with E-state index >= 15 is 0 Å². The molecule has 14 heavy (non-hydrogen) atoms. The second-order valence-corrected chi connectivity index (χ2v) is 2.69. The van der Waals surface area contributed by atoms with Gasteiger partial charge < -0.3 is 0 Å². The molecule has 0 amide bonds. The second kappa shape index (κ2) is 3.29. The topological polar surface area (TPSA) is 67.8 Å². The van der Waals surface area contributed by atoms with Crippen molar-refractivity contribution in [3.63, 3.8) is 0 Å². The average molecular weight is 189 g/mol. The molecule has 0 aliphatic carbocycles. The summed E-state index contributed by atoms with van der Waals surface area (Å²) in [6.45, 7) is 0. The van der Waals surface area contributed by atoms with Crippen LogP contribution in [-0.4, -0.2) is 21.1 Å². The first-order valence-electron chi connectivity index (χ1n) is 4.00. The van der Waals surface area contributed by atoms with Gasteiger partial charge in [0.05, 0.1) is 0 Å². The van der Waals surface area contributed by atoms with E-state index < -0.39 is 0 Å². The number of pyridine rings is 1. The van der Waals surface area contributed by atoms with Gasteiger partial charge >= 0.3 is 0 Å². The number of carbonyl (C=O) groups excluding carboxylic acids is 1. The minimum Gasteiger partial charge on any atom is -0.296 e. The molecule has 70 valence electrons. The predicted molar refractivity (Wildman–Crippen MR) is 49.6 cm³/mol. The normalized spacial score (nSPS) is 10.0. The second-order valence-electron chi connectivity index (χ2n) is 2.69. The fourth-order valence-corrected chi connectivity index (χ4v) is 1.13. The first kappa shape index (κ1) is 8.43. The van der Waals surface area contributed by atoms with Crippen LogP contribution in [-0.2, 0) is 0 Å². The van der Waals surface area contributed by atoms with Gasteiger partial charge in [0.15, 0.2) is 12.1 Å². The predicted octanol–water partition coefficient (Wildman–Crippen LogP) is 0.373. The van der Waals surface area contributed by atoms with E-state index in [9.17, 15) is 9.59 Å². The SMILES string of the molecule is O=Cc1cc(=O)n(-c2ccccn2)[nH]1. The van der Waals surface area contributed by atoms with Gasteiger partial charge in [-0.05, 0) is 12.1 Å². The van der Waals surface area contributed by atoms with Crippen LogP contribution >= 0.6 is 0 Å². The van der Waals surface area contributed by atoms with Crippen molar-refractivity contribution in [2.75, 3.05) is 0 Å². The lowest BCUT2D eigenvalue weighted by atomic mass is 10.5. The molecular formula is C9H7N3O2. The Kier molecular flexibility index (Phi) is 1.98. The number of aromatic nitrogens is 3. The monoisotopic (exact) mass is 189 g/mol. The van der Waals surface area contributed by atoms with Crippen molar-refractivity contribution in [1.82, 2.24) is 14.8 Å². The van der Waals surface area contributed by atoms with Crippen LogP contribution in [0.2, 0.25) is 0 Å². The number of carbonyl (C=O) groups is 1. The van der Waals surface area contributed by atoms with Crippen molar-refractivity contribution in [2.24, 2.45) is 0 Å². The number of hydrogen-bond acceptors (Lipinski definition) is 3. The van der Waals surface area contributed by atoms with Crippen LogP contribution in [0.1, 0.15) is 10.5 Å². The molecule has 0 bridgehead atoms. The van der Waals surface area contributed by atoms with Crippen LogP contribution in [0.5, 0.6) is 0 Å². The quantitative estimate of drug-likeness (QED) is 0.694. The van der Waals surface area contributed by atoms with Crippen LogP contribution in [0.3, 0.4) is 0 Å². The van der Waals surface area contributed by atoms with Crippen LogP contribution in [0.4, 0.5) is 0 Å². The molecule has 5 heteroatoms. The summed E-state index contributed by atoms with van der Waals surface area (Å²) in [6, 6.07) is 6.41. The summed E-state index contributed by atoms with van der Waals surface area (Å²) in [7, 11) is 0. The van der Waals surface area contributed by atoms with Crippen LogP contribution in [0, 0.1) is 0 Å². The summed E-state index contributed by atoms with van der Waals surface area (Å²) in [5.41, 5.74) is -0.0635. The summed E-state index contributed by atoms with van der Waals surface area (Å²) in [6.07, 6.45) is 2.16. The Morgan fingerprint density at radius 3 is 2.86 bits per heavy atom. The first-order valence-corrected chi connectivity index (χ1v) is 4.00. The van der Waals surface area contributed by atoms with Gasteiger partial charge in [-0.15, -0.1) is 0 Å². The summed E-state index contributed by atoms with van der Waals surface area (Å²) in [5, 5.41) is 2.62. The molecule has 0 radical (unpaired) electrons. The van der Waals surface area contributed by atoms with Crippen molar-refractivity contribution >= 4 is 6.29 Å². The highest BCUT2D eigenvalue weighted by Crippen LogP contribution is 1.97. The summed E-state index contributed by atoms with van der Waals surface area (Å²) < 4.78 is 1.21. The Bertz CT molecular complexity index is 498. The highest BCUT2D eigenvalue weighted by atomic mass is 16.1. The number of aromatic amines is 1. The molecule has 0 atom stereocenters. The number of H-pyrrole nitrogens is 1. The fraction of sp³-hybridized carbons (Fsp3) is 0. The van der Waals surface area contributed by atoms with E-state index in [1.165, 1.54) is 10.7 Å². The maximum Gasteiger partial charge on any atom is 0.273 e. The Hall–Kier alpha value is -2.17. The average Bonchev–Trinajstić information content (AvgIpc) is 2.61. The third kappa shape index (κ3) is 1.35. The van der Waals surface area contributed by atoms with E-state index in [4.69, 9.17) is 0 Å². The third-order valence-electron chi connectivity index (χ3n) is 1.75. The molecule has 0 aliphatic heterocycles. The third-order valence-corrected chi connectivity index (χ3v) is 1.75. The summed E-state index contributed by atoms with van der Waals surface area (Å²) in [5.74, 6) is 0.464. The maximum absolute atomic E-state index is 11.3. The smallest absolute Gasteiger partial charge is 0.273 e. The van der Waals surface area contributed by atoms with E-state index in [1.807, 2.05) is 0 Å². The highest BCUT2D eigenvalue weighted by Gasteiger charge is 2.03. The van der Waals surface area contributed by atoms with Crippen molar-refractivity contribution in [3.05, 3.63) is 46.5 Å². The minimum atomic E-state index is -0.300. The number of hydrogen-bond donors (Lipinski definition) is 1. The van der Waals surface area contributed by atoms with Gasteiger partial charge in [-0.2, -0.15) is 0 Å². The standard InChI is InChI=1S/C9H7N3O2/c13-6-7-5-9(14)12(11-7)8-3-1-2-4-10-8/h1-6,11H. The molecule has 0 saturated heterocycles. The minimum absolute atomic E-state index is 0.237. The van der Waals surface area contributed by atoms with Gasteiger partial charge in [0.1, 0.15) is 5.69 Å². The summed E-state index contributed by atoms with van der Waals surface area (Å²) >= 11 is 0. The van der Waals surface area contributed by atoms with E-state index in [1.54, 1.807) is 24.4 Å². The molecule has 0 spiro atoms. The fourth-order valence-electron chi connectivity index (χ4n) is 1.13. The summed E-state index contributed by atoms with van der Waals surface area (Å²) in [4.78, 5) is 25.7. The van der Waals surface area contributed by atoms with Gasteiger partial charge in [-0.1, -0.05) is 6.07 Å². The molecule has 2 aromatic rings. The molecule has 0 saturated carbocycles. The Balaban J connectivity index is 2.57. The van der Waals surface area contributed by atoms with E-state index in [2.05, 4.69) is 10.1 Å². The van der Waals surface area contributed by atoms with Crippen LogP contribution in [0.25, 0.3) is 5.82 Å². The van der Waals surface area contributed by atoms with Gasteiger partial charge in [0.2, 0.25) is 0 Å². The zero-order chi connectivity index (χ0) is 9.97. The highest BCUT2D eigenvalue weighted by molar-refractivity contribution is 5.71. The van der Waals surface area contributed by atoms with Crippen LogP contribution in [0.15, 0.2) is 35.3 Å².